The van der Waals surface area contributed by atoms with E-state index in [1.807, 2.05) is 0 Å². The summed E-state index contributed by atoms with van der Waals surface area (Å²) in [6.07, 6.45) is 51.6. The molecule has 558 valence electrons. The van der Waals surface area contributed by atoms with E-state index >= 15 is 0 Å². The van der Waals surface area contributed by atoms with Crippen LogP contribution in [0.3, 0.4) is 0 Å². The Morgan fingerprint density at radius 1 is 0.309 bits per heavy atom. The molecular weight excluding hydrogens is 1230 g/mol. The van der Waals surface area contributed by atoms with Gasteiger partial charge < -0.3 is 33.8 Å². The summed E-state index contributed by atoms with van der Waals surface area (Å²) in [6, 6.07) is 0. The molecule has 3 unspecified atom stereocenters. The van der Waals surface area contributed by atoms with E-state index in [2.05, 4.69) is 48.5 Å². The van der Waals surface area contributed by atoms with Gasteiger partial charge in [0, 0.05) is 25.7 Å². The zero-order valence-electron chi connectivity index (χ0n) is 61.4. The van der Waals surface area contributed by atoms with Crippen LogP contribution in [0.15, 0.2) is 0 Å². The van der Waals surface area contributed by atoms with Crippen LogP contribution in [0, 0.1) is 17.8 Å². The van der Waals surface area contributed by atoms with Crippen molar-refractivity contribution in [2.24, 2.45) is 17.8 Å². The number of esters is 4. The number of aliphatic hydroxyl groups is 1. The first-order valence-corrected chi connectivity index (χ1v) is 41.9. The first-order chi connectivity index (χ1) is 45.3. The van der Waals surface area contributed by atoms with Gasteiger partial charge in [-0.05, 0) is 43.4 Å². The van der Waals surface area contributed by atoms with Crippen molar-refractivity contribution in [2.45, 2.75) is 401 Å². The Balaban J connectivity index is 5.15. The molecule has 3 N–H and O–H groups in total. The van der Waals surface area contributed by atoms with Crippen LogP contribution in [0.2, 0.25) is 0 Å². The van der Waals surface area contributed by atoms with Crippen molar-refractivity contribution in [3.63, 3.8) is 0 Å². The second-order valence-electron chi connectivity index (χ2n) is 28.2. The second-order valence-corrected chi connectivity index (χ2v) is 31.1. The Labute approximate surface area is 575 Å². The van der Waals surface area contributed by atoms with E-state index in [-0.39, 0.29) is 25.7 Å². The van der Waals surface area contributed by atoms with Gasteiger partial charge in [0.25, 0.3) is 0 Å². The molecule has 0 aromatic rings. The van der Waals surface area contributed by atoms with Gasteiger partial charge in [-0.1, -0.05) is 331 Å². The van der Waals surface area contributed by atoms with Crippen LogP contribution in [0.4, 0.5) is 0 Å². The summed E-state index contributed by atoms with van der Waals surface area (Å²) in [7, 11) is -9.90. The summed E-state index contributed by atoms with van der Waals surface area (Å²) in [5, 5.41) is 10.6. The van der Waals surface area contributed by atoms with Crippen molar-refractivity contribution < 1.29 is 80.2 Å². The third-order valence-corrected chi connectivity index (χ3v) is 19.6. The Bertz CT molecular complexity index is 1840. The molecule has 0 aromatic carbocycles. The molecule has 0 radical (unpaired) electrons. The van der Waals surface area contributed by atoms with Gasteiger partial charge in [0.1, 0.15) is 19.3 Å². The third-order valence-electron chi connectivity index (χ3n) is 17.7. The smallest absolute Gasteiger partial charge is 0.462 e. The number of carbonyl (C=O) groups is 4. The van der Waals surface area contributed by atoms with E-state index < -0.39 is 97.5 Å². The van der Waals surface area contributed by atoms with Gasteiger partial charge in [0.15, 0.2) is 12.2 Å². The van der Waals surface area contributed by atoms with Crippen LogP contribution in [0.25, 0.3) is 0 Å². The van der Waals surface area contributed by atoms with Crippen molar-refractivity contribution in [3.05, 3.63) is 0 Å². The van der Waals surface area contributed by atoms with E-state index in [4.69, 9.17) is 37.0 Å². The van der Waals surface area contributed by atoms with Crippen LogP contribution < -0.4 is 0 Å². The van der Waals surface area contributed by atoms with Gasteiger partial charge in [0.2, 0.25) is 0 Å². The van der Waals surface area contributed by atoms with Gasteiger partial charge in [-0.15, -0.1) is 0 Å². The lowest BCUT2D eigenvalue weighted by Gasteiger charge is -2.21. The molecule has 0 spiro atoms. The molecule has 0 amide bonds. The van der Waals surface area contributed by atoms with Crippen LogP contribution in [0.1, 0.15) is 382 Å². The van der Waals surface area contributed by atoms with E-state index in [1.165, 1.54) is 180 Å². The lowest BCUT2D eigenvalue weighted by atomic mass is 9.99. The molecule has 0 fully saturated rings. The molecule has 19 heteroatoms. The minimum atomic E-state index is -4.96. The number of aliphatic hydroxyl groups excluding tert-OH is 1. The van der Waals surface area contributed by atoms with E-state index in [0.29, 0.717) is 25.7 Å². The van der Waals surface area contributed by atoms with Crippen molar-refractivity contribution >= 4 is 39.5 Å². The topological polar surface area (TPSA) is 237 Å². The van der Waals surface area contributed by atoms with E-state index in [1.54, 1.807) is 0 Å². The highest BCUT2D eigenvalue weighted by atomic mass is 31.2. The lowest BCUT2D eigenvalue weighted by Crippen LogP contribution is -2.30. The molecule has 0 aliphatic carbocycles. The average Bonchev–Trinajstić information content (AvgIpc) is 1.42. The molecule has 17 nitrogen and oxygen atoms in total. The normalized spacial score (nSPS) is 14.4. The Hall–Kier alpha value is -1.94. The number of unbranched alkanes of at least 4 members (excludes halogenated alkanes) is 40. The average molecular weight is 1380 g/mol. The third kappa shape index (κ3) is 67.3. The van der Waals surface area contributed by atoms with E-state index in [0.717, 1.165) is 120 Å². The number of ether oxygens (including phenoxy) is 4. The highest BCUT2D eigenvalue weighted by Crippen LogP contribution is 2.45. The van der Waals surface area contributed by atoms with Crippen LogP contribution >= 0.6 is 15.6 Å². The van der Waals surface area contributed by atoms with E-state index in [9.17, 15) is 43.2 Å². The largest absolute Gasteiger partial charge is 0.472 e. The lowest BCUT2D eigenvalue weighted by molar-refractivity contribution is -0.161. The maximum Gasteiger partial charge on any atom is 0.472 e. The van der Waals surface area contributed by atoms with Crippen molar-refractivity contribution in [1.29, 1.82) is 0 Å². The SMILES string of the molecule is CCCCCCCCCC(=O)OC[C@H](COP(=O)(O)OC[C@H](O)COP(=O)(O)OC[C@@H](COC(=O)CCCCCCCCCCCCCC(C)C)OC(=O)CCCCCCCCCCCCCCCCCCCCC(C)CC)OC(=O)CCCCCCCCCCC(C)C. The number of hydrogen-bond acceptors (Lipinski definition) is 15. The molecule has 94 heavy (non-hydrogen) atoms. The predicted octanol–water partition coefficient (Wildman–Crippen LogP) is 21.8. The molecule has 0 bridgehead atoms. The zero-order valence-corrected chi connectivity index (χ0v) is 63.2. The predicted molar refractivity (Wildman–Crippen MR) is 381 cm³/mol. The quantitative estimate of drug-likeness (QED) is 0.0222. The maximum atomic E-state index is 13.1. The second kappa shape index (κ2) is 65.7. The summed E-state index contributed by atoms with van der Waals surface area (Å²) < 4.78 is 68.3. The monoisotopic (exact) mass is 1380 g/mol. The molecule has 0 heterocycles. The summed E-state index contributed by atoms with van der Waals surface area (Å²) in [5.41, 5.74) is 0. The zero-order chi connectivity index (χ0) is 69.4. The highest BCUT2D eigenvalue weighted by Gasteiger charge is 2.30. The summed E-state index contributed by atoms with van der Waals surface area (Å²) in [4.78, 5) is 72.6. The van der Waals surface area contributed by atoms with Gasteiger partial charge in [0.05, 0.1) is 26.4 Å². The Kier molecular flexibility index (Phi) is 64.3. The van der Waals surface area contributed by atoms with Crippen molar-refractivity contribution in [3.8, 4) is 0 Å². The van der Waals surface area contributed by atoms with Crippen molar-refractivity contribution in [2.75, 3.05) is 39.6 Å². The summed E-state index contributed by atoms with van der Waals surface area (Å²) in [6.45, 7) is 11.9. The maximum absolute atomic E-state index is 13.1. The Morgan fingerprint density at radius 3 is 0.809 bits per heavy atom. The van der Waals surface area contributed by atoms with Crippen LogP contribution in [-0.2, 0) is 65.4 Å². The number of phosphoric ester groups is 2. The molecule has 6 atom stereocenters. The van der Waals surface area contributed by atoms with Gasteiger partial charge in [-0.2, -0.15) is 0 Å². The van der Waals surface area contributed by atoms with Crippen LogP contribution in [0.5, 0.6) is 0 Å². The molecular formula is C75H146O17P2. The number of hydrogen-bond donors (Lipinski definition) is 3. The molecule has 0 saturated carbocycles. The van der Waals surface area contributed by atoms with Crippen molar-refractivity contribution in [1.82, 2.24) is 0 Å². The summed E-state index contributed by atoms with van der Waals surface area (Å²) >= 11 is 0. The Morgan fingerprint density at radius 2 is 0.543 bits per heavy atom. The minimum absolute atomic E-state index is 0.104. The fourth-order valence-corrected chi connectivity index (χ4v) is 13.0. The van der Waals surface area contributed by atoms with Gasteiger partial charge >= 0.3 is 39.5 Å². The fourth-order valence-electron chi connectivity index (χ4n) is 11.4. The first kappa shape index (κ1) is 92.1. The highest BCUT2D eigenvalue weighted by molar-refractivity contribution is 7.47. The van der Waals surface area contributed by atoms with Gasteiger partial charge in [-0.3, -0.25) is 37.3 Å². The fraction of sp³-hybridized carbons (Fsp3) is 0.947. The van der Waals surface area contributed by atoms with Crippen LogP contribution in [-0.4, -0.2) is 96.7 Å². The molecule has 0 aromatic heterocycles. The first-order valence-electron chi connectivity index (χ1n) is 38.9. The van der Waals surface area contributed by atoms with Gasteiger partial charge in [-0.25, -0.2) is 9.13 Å². The minimum Gasteiger partial charge on any atom is -0.462 e. The molecule has 0 aliphatic heterocycles. The summed E-state index contributed by atoms with van der Waals surface area (Å²) in [5.74, 6) is 0.234. The molecule has 0 rings (SSSR count). The number of rotatable bonds is 73. The number of carbonyl (C=O) groups excluding carboxylic acids is 4. The molecule has 0 aliphatic rings. The standard InChI is InChI=1S/C75H146O17P2/c1-8-10-11-12-32-42-49-56-72(77)85-62-70(92-75(80)59-52-45-38-31-30-34-40-47-54-67(5)6)64-89-93(81,82)87-60-69(76)61-88-94(83,84)90-65-71(63-86-73(78)57-50-43-36-28-25-21-22-26-33-39-46-53-66(3)4)91-74(79)58-51-44-37-29-24-20-18-16-14-13-15-17-19-23-27-35-41-48-55-68(7)9-2/h66-71,76H,8-65H2,1-7H3,(H,81,82)(H,83,84)/t68?,69-,70+,71+/m0/s1. The number of phosphoric acid groups is 2. The molecule has 0 saturated heterocycles.